The molecule has 0 bridgehead atoms. The molecule has 0 N–H and O–H groups in total. The number of aromatic nitrogens is 1. The highest BCUT2D eigenvalue weighted by Gasteiger charge is 2.51. The SMILES string of the molecule is CCC(CC)c1cc(-c2nccc3c(C)c([Si](CC(C)(C)C)(CC(C)(C)C)C(C)(C)C)sc23)cc2ccccc12. The van der Waals surface area contributed by atoms with Crippen molar-refractivity contribution in [2.45, 2.75) is 119 Å². The van der Waals surface area contributed by atoms with Gasteiger partial charge in [0.15, 0.2) is 0 Å². The number of hydrogen-bond acceptors (Lipinski definition) is 2. The van der Waals surface area contributed by atoms with Crippen LogP contribution in [0.15, 0.2) is 48.7 Å². The first-order chi connectivity index (χ1) is 18.5. The van der Waals surface area contributed by atoms with E-state index in [4.69, 9.17) is 4.98 Å². The Morgan fingerprint density at radius 1 is 0.800 bits per heavy atom. The molecule has 2 aromatic carbocycles. The van der Waals surface area contributed by atoms with Crippen molar-refractivity contribution in [3.63, 3.8) is 0 Å². The highest BCUT2D eigenvalue weighted by molar-refractivity contribution is 7.33. The molecule has 0 aliphatic rings. The van der Waals surface area contributed by atoms with Crippen LogP contribution in [-0.2, 0) is 0 Å². The summed E-state index contributed by atoms with van der Waals surface area (Å²) in [6.45, 7) is 29.4. The summed E-state index contributed by atoms with van der Waals surface area (Å²) in [4.78, 5) is 5.11. The Morgan fingerprint density at radius 2 is 1.40 bits per heavy atom. The molecule has 0 aliphatic carbocycles. The summed E-state index contributed by atoms with van der Waals surface area (Å²) < 4.78 is 3.08. The molecule has 0 saturated carbocycles. The van der Waals surface area contributed by atoms with E-state index < -0.39 is 8.07 Å². The first-order valence-corrected chi connectivity index (χ1v) is 18.7. The molecule has 3 heteroatoms. The molecule has 0 unspecified atom stereocenters. The maximum atomic E-state index is 5.11. The Hall–Kier alpha value is -1.97. The van der Waals surface area contributed by atoms with E-state index in [9.17, 15) is 0 Å². The molecule has 2 aromatic heterocycles. The van der Waals surface area contributed by atoms with Crippen LogP contribution in [0.25, 0.3) is 32.1 Å². The van der Waals surface area contributed by atoms with Crippen molar-refractivity contribution in [2.24, 2.45) is 10.8 Å². The van der Waals surface area contributed by atoms with Gasteiger partial charge in [-0.25, -0.2) is 0 Å². The van der Waals surface area contributed by atoms with Gasteiger partial charge in [-0.3, -0.25) is 4.98 Å². The van der Waals surface area contributed by atoms with Gasteiger partial charge >= 0.3 is 0 Å². The maximum absolute atomic E-state index is 5.11. The van der Waals surface area contributed by atoms with Gasteiger partial charge in [0, 0.05) is 11.8 Å². The predicted molar refractivity (Wildman–Crippen MR) is 184 cm³/mol. The average molecular weight is 572 g/mol. The number of rotatable bonds is 7. The largest absolute Gasteiger partial charge is 0.255 e. The molecule has 40 heavy (non-hydrogen) atoms. The number of benzene rings is 2. The molecule has 0 radical (unpaired) electrons. The topological polar surface area (TPSA) is 12.9 Å². The van der Waals surface area contributed by atoms with Crippen LogP contribution in [0.4, 0.5) is 0 Å². The summed E-state index contributed by atoms with van der Waals surface area (Å²) in [5.74, 6) is 0.559. The van der Waals surface area contributed by atoms with Crippen LogP contribution in [0.2, 0.25) is 17.1 Å². The van der Waals surface area contributed by atoms with Gasteiger partial charge in [-0.2, -0.15) is 0 Å². The lowest BCUT2D eigenvalue weighted by Crippen LogP contribution is -2.58. The monoisotopic (exact) mass is 571 g/mol. The zero-order valence-corrected chi connectivity index (χ0v) is 29.2. The number of pyridine rings is 1. The number of nitrogens with zero attached hydrogens (tertiary/aromatic N) is 1. The summed E-state index contributed by atoms with van der Waals surface area (Å²) >= 11 is 2.09. The Balaban J connectivity index is 2.04. The number of thiophene rings is 1. The highest BCUT2D eigenvalue weighted by Crippen LogP contribution is 2.52. The molecular weight excluding hydrogens is 519 g/mol. The van der Waals surface area contributed by atoms with Crippen molar-refractivity contribution in [1.29, 1.82) is 0 Å². The van der Waals surface area contributed by atoms with Crippen molar-refractivity contribution in [3.05, 3.63) is 59.8 Å². The van der Waals surface area contributed by atoms with Gasteiger partial charge in [0.1, 0.15) is 8.07 Å². The predicted octanol–water partition coefficient (Wildman–Crippen LogP) is 11.9. The van der Waals surface area contributed by atoms with E-state index in [0.717, 1.165) is 18.5 Å². The second-order valence-corrected chi connectivity index (χ2v) is 22.0. The van der Waals surface area contributed by atoms with Crippen LogP contribution in [0.1, 0.15) is 106 Å². The summed E-state index contributed by atoms with van der Waals surface area (Å²) in [6, 6.07) is 18.7. The number of fused-ring (bicyclic) bond motifs is 2. The second kappa shape index (κ2) is 11.0. The van der Waals surface area contributed by atoms with Gasteiger partial charge in [0.25, 0.3) is 0 Å². The molecule has 4 aromatic rings. The van der Waals surface area contributed by atoms with E-state index in [1.807, 2.05) is 0 Å². The van der Waals surface area contributed by atoms with Gasteiger partial charge in [-0.15, -0.1) is 11.3 Å². The molecular formula is C37H53NSSi. The molecule has 4 rings (SSSR count). The molecule has 0 fully saturated rings. The Labute approximate surface area is 249 Å². The second-order valence-electron chi connectivity index (χ2n) is 15.7. The average Bonchev–Trinajstić information content (AvgIpc) is 3.18. The Bertz CT molecular complexity index is 1470. The van der Waals surface area contributed by atoms with Gasteiger partial charge in [0.2, 0.25) is 0 Å². The standard InChI is InChI=1S/C37H53NSSi/c1-13-26(14-2)31-22-28(21-27-17-15-16-18-30(27)31)32-33-29(19-20-38-32)25(3)34(39-33)40(37(10,11)12,23-35(4,5)6)24-36(7,8)9/h15-22,26H,13-14,23-24H2,1-12H3. The zero-order valence-electron chi connectivity index (χ0n) is 27.4. The third-order valence-electron chi connectivity index (χ3n) is 8.98. The van der Waals surface area contributed by atoms with Gasteiger partial charge in [-0.1, -0.05) is 100 Å². The highest BCUT2D eigenvalue weighted by atomic mass is 32.1. The third kappa shape index (κ3) is 5.97. The third-order valence-corrected chi connectivity index (χ3v) is 19.0. The van der Waals surface area contributed by atoms with Gasteiger partial charge < -0.3 is 0 Å². The zero-order chi connectivity index (χ0) is 29.7. The normalized spacial score (nSPS) is 13.6. The van der Waals surface area contributed by atoms with Gasteiger partial charge in [0.05, 0.1) is 10.4 Å². The first-order valence-electron chi connectivity index (χ1n) is 15.4. The van der Waals surface area contributed by atoms with Crippen LogP contribution >= 0.6 is 11.3 Å². The Morgan fingerprint density at radius 3 is 1.95 bits per heavy atom. The van der Waals surface area contributed by atoms with Crippen molar-refractivity contribution < 1.29 is 0 Å². The Kier molecular flexibility index (Phi) is 8.54. The number of hydrogen-bond donors (Lipinski definition) is 0. The van der Waals surface area contributed by atoms with E-state index in [1.54, 1.807) is 4.50 Å². The molecule has 0 spiro atoms. The molecule has 2 heterocycles. The lowest BCUT2D eigenvalue weighted by Gasteiger charge is -2.49. The lowest BCUT2D eigenvalue weighted by molar-refractivity contribution is 0.422. The van der Waals surface area contributed by atoms with E-state index >= 15 is 0 Å². The van der Waals surface area contributed by atoms with Crippen molar-refractivity contribution in [2.75, 3.05) is 0 Å². The van der Waals surface area contributed by atoms with Crippen LogP contribution in [-0.4, -0.2) is 13.1 Å². The number of aryl methyl sites for hydroxylation is 1. The van der Waals surface area contributed by atoms with E-state index in [1.165, 1.54) is 49.6 Å². The fourth-order valence-corrected chi connectivity index (χ4v) is 17.4. The fourth-order valence-electron chi connectivity index (χ4n) is 7.26. The van der Waals surface area contributed by atoms with Crippen LogP contribution in [0.3, 0.4) is 0 Å². The van der Waals surface area contributed by atoms with Crippen LogP contribution in [0, 0.1) is 17.8 Å². The molecule has 216 valence electrons. The summed E-state index contributed by atoms with van der Waals surface area (Å²) in [7, 11) is -1.99. The maximum Gasteiger partial charge on any atom is 0.106 e. The van der Waals surface area contributed by atoms with Gasteiger partial charge in [-0.05, 0) is 104 Å². The minimum absolute atomic E-state index is 0.248. The summed E-state index contributed by atoms with van der Waals surface area (Å²) in [6.07, 6.45) is 4.37. The summed E-state index contributed by atoms with van der Waals surface area (Å²) in [5, 5.41) is 4.38. The molecule has 0 atom stereocenters. The van der Waals surface area contributed by atoms with Crippen molar-refractivity contribution in [1.82, 2.24) is 4.98 Å². The fraction of sp³-hybridized carbons (Fsp3) is 0.541. The minimum Gasteiger partial charge on any atom is -0.255 e. The van der Waals surface area contributed by atoms with E-state index in [0.29, 0.717) is 5.92 Å². The van der Waals surface area contributed by atoms with Crippen molar-refractivity contribution in [3.8, 4) is 11.3 Å². The quantitative estimate of drug-likeness (QED) is 0.201. The first kappa shape index (κ1) is 31.0. The molecule has 0 aliphatic heterocycles. The van der Waals surface area contributed by atoms with E-state index in [2.05, 4.69) is 143 Å². The van der Waals surface area contributed by atoms with E-state index in [-0.39, 0.29) is 15.9 Å². The lowest BCUT2D eigenvalue weighted by atomic mass is 9.87. The molecule has 1 nitrogen and oxygen atoms in total. The molecule has 0 saturated heterocycles. The minimum atomic E-state index is -1.99. The molecule has 0 amide bonds. The van der Waals surface area contributed by atoms with Crippen LogP contribution in [0.5, 0.6) is 0 Å². The van der Waals surface area contributed by atoms with Crippen molar-refractivity contribution >= 4 is 44.8 Å². The summed E-state index contributed by atoms with van der Waals surface area (Å²) in [5.41, 5.74) is 5.98. The van der Waals surface area contributed by atoms with Crippen LogP contribution < -0.4 is 4.50 Å². The smallest absolute Gasteiger partial charge is 0.106 e.